The molecule has 0 bridgehead atoms. The SMILES string of the molecule is C=CCC[C@H](N[S@](=O)C(C)(C)C)c1ccc(Br)cc1. The van der Waals surface area contributed by atoms with Gasteiger partial charge in [0.25, 0.3) is 0 Å². The van der Waals surface area contributed by atoms with Gasteiger partial charge in [-0.3, -0.25) is 0 Å². The average molecular weight is 344 g/mol. The first-order valence-corrected chi connectivity index (χ1v) is 8.33. The van der Waals surface area contributed by atoms with E-state index < -0.39 is 11.0 Å². The summed E-state index contributed by atoms with van der Waals surface area (Å²) in [5, 5.41) is 0. The van der Waals surface area contributed by atoms with Crippen LogP contribution >= 0.6 is 15.9 Å². The molecule has 0 aromatic heterocycles. The lowest BCUT2D eigenvalue weighted by Crippen LogP contribution is -2.35. The minimum atomic E-state index is -1.07. The van der Waals surface area contributed by atoms with Crippen LogP contribution < -0.4 is 4.72 Å². The molecule has 0 spiro atoms. The van der Waals surface area contributed by atoms with Crippen LogP contribution in [0.3, 0.4) is 0 Å². The highest BCUT2D eigenvalue weighted by Gasteiger charge is 2.23. The summed E-state index contributed by atoms with van der Waals surface area (Å²) in [6, 6.07) is 8.23. The van der Waals surface area contributed by atoms with Gasteiger partial charge >= 0.3 is 0 Å². The van der Waals surface area contributed by atoms with Crippen LogP contribution in [-0.2, 0) is 11.0 Å². The molecule has 106 valence electrons. The Balaban J connectivity index is 2.85. The predicted octanol–water partition coefficient (Wildman–Crippen LogP) is 4.51. The first-order chi connectivity index (χ1) is 8.84. The number of nitrogens with one attached hydrogen (secondary N) is 1. The molecule has 4 heteroatoms. The van der Waals surface area contributed by atoms with Gasteiger partial charge in [-0.25, -0.2) is 8.93 Å². The lowest BCUT2D eigenvalue weighted by Gasteiger charge is -2.24. The van der Waals surface area contributed by atoms with Crippen molar-refractivity contribution in [1.29, 1.82) is 0 Å². The Morgan fingerprint density at radius 2 is 1.95 bits per heavy atom. The average Bonchev–Trinajstić information content (AvgIpc) is 2.34. The largest absolute Gasteiger partial charge is 0.242 e. The van der Waals surface area contributed by atoms with E-state index in [-0.39, 0.29) is 10.8 Å². The normalized spacial score (nSPS) is 14.9. The molecule has 1 aromatic rings. The van der Waals surface area contributed by atoms with Crippen molar-refractivity contribution in [3.63, 3.8) is 0 Å². The standard InChI is InChI=1S/C15H22BrNOS/c1-5-6-7-14(17-19(18)15(2,3)4)12-8-10-13(16)11-9-12/h5,8-11,14,17H,1,6-7H2,2-4H3/t14-,19+/m0/s1. The number of hydrogen-bond acceptors (Lipinski definition) is 1. The highest BCUT2D eigenvalue weighted by molar-refractivity contribution is 9.10. The minimum absolute atomic E-state index is 0.0890. The van der Waals surface area contributed by atoms with Crippen molar-refractivity contribution in [3.05, 3.63) is 47.0 Å². The van der Waals surface area contributed by atoms with Crippen LogP contribution in [0, 0.1) is 0 Å². The molecule has 2 nitrogen and oxygen atoms in total. The van der Waals surface area contributed by atoms with E-state index in [1.807, 2.05) is 39.0 Å². The monoisotopic (exact) mass is 343 g/mol. The number of rotatable bonds is 6. The maximum absolute atomic E-state index is 12.2. The van der Waals surface area contributed by atoms with Crippen molar-refractivity contribution >= 4 is 26.9 Å². The van der Waals surface area contributed by atoms with Gasteiger partial charge < -0.3 is 0 Å². The van der Waals surface area contributed by atoms with E-state index in [0.29, 0.717) is 0 Å². The summed E-state index contributed by atoms with van der Waals surface area (Å²) in [5.74, 6) is 0. The van der Waals surface area contributed by atoms with Crippen molar-refractivity contribution < 1.29 is 4.21 Å². The lowest BCUT2D eigenvalue weighted by molar-refractivity contribution is 0.575. The lowest BCUT2D eigenvalue weighted by atomic mass is 10.0. The van der Waals surface area contributed by atoms with Gasteiger partial charge in [0.1, 0.15) is 0 Å². The zero-order valence-corrected chi connectivity index (χ0v) is 14.2. The molecule has 0 heterocycles. The summed E-state index contributed by atoms with van der Waals surface area (Å²) >= 11 is 3.43. The van der Waals surface area contributed by atoms with Gasteiger partial charge in [0, 0.05) is 10.5 Å². The second-order valence-electron chi connectivity index (χ2n) is 5.47. The van der Waals surface area contributed by atoms with Crippen molar-refractivity contribution in [2.45, 2.75) is 44.4 Å². The second kappa shape index (κ2) is 7.36. The minimum Gasteiger partial charge on any atom is -0.242 e. The zero-order chi connectivity index (χ0) is 14.5. The quantitative estimate of drug-likeness (QED) is 0.756. The van der Waals surface area contributed by atoms with Crippen LogP contribution in [0.1, 0.15) is 45.2 Å². The Kier molecular flexibility index (Phi) is 6.43. The third-order valence-electron chi connectivity index (χ3n) is 2.74. The zero-order valence-electron chi connectivity index (χ0n) is 11.8. The van der Waals surface area contributed by atoms with Crippen molar-refractivity contribution in [1.82, 2.24) is 4.72 Å². The molecule has 0 aliphatic carbocycles. The van der Waals surface area contributed by atoms with E-state index in [4.69, 9.17) is 0 Å². The van der Waals surface area contributed by atoms with Gasteiger partial charge in [0.15, 0.2) is 0 Å². The van der Waals surface area contributed by atoms with E-state index in [1.54, 1.807) is 0 Å². The fourth-order valence-electron chi connectivity index (χ4n) is 1.58. The van der Waals surface area contributed by atoms with Gasteiger partial charge in [0.05, 0.1) is 15.7 Å². The molecule has 0 aliphatic rings. The van der Waals surface area contributed by atoms with E-state index in [0.717, 1.165) is 22.9 Å². The van der Waals surface area contributed by atoms with E-state index >= 15 is 0 Å². The second-order valence-corrected chi connectivity index (χ2v) is 8.38. The molecular weight excluding hydrogens is 322 g/mol. The van der Waals surface area contributed by atoms with Crippen LogP contribution in [0.5, 0.6) is 0 Å². The van der Waals surface area contributed by atoms with Gasteiger partial charge in [-0.05, 0) is 51.3 Å². The van der Waals surface area contributed by atoms with Gasteiger partial charge in [-0.15, -0.1) is 6.58 Å². The summed E-state index contributed by atoms with van der Waals surface area (Å²) in [4.78, 5) is 0. The number of halogens is 1. The Bertz CT molecular complexity index is 436. The molecule has 0 radical (unpaired) electrons. The first kappa shape index (κ1) is 16.6. The van der Waals surface area contributed by atoms with E-state index in [9.17, 15) is 4.21 Å². The molecule has 0 fully saturated rings. The molecule has 0 saturated heterocycles. The van der Waals surface area contributed by atoms with Gasteiger partial charge in [0.2, 0.25) is 0 Å². The first-order valence-electron chi connectivity index (χ1n) is 6.39. The van der Waals surface area contributed by atoms with Crippen molar-refractivity contribution in [3.8, 4) is 0 Å². The number of benzene rings is 1. The fourth-order valence-corrected chi connectivity index (χ4v) is 2.71. The summed E-state index contributed by atoms with van der Waals surface area (Å²) < 4.78 is 16.3. The Morgan fingerprint density at radius 1 is 1.37 bits per heavy atom. The van der Waals surface area contributed by atoms with E-state index in [1.165, 1.54) is 0 Å². The molecule has 0 unspecified atom stereocenters. The third-order valence-corrected chi connectivity index (χ3v) is 4.88. The van der Waals surface area contributed by atoms with Crippen LogP contribution in [-0.4, -0.2) is 8.96 Å². The highest BCUT2D eigenvalue weighted by Crippen LogP contribution is 2.23. The summed E-state index contributed by atoms with van der Waals surface area (Å²) in [6.07, 6.45) is 3.69. The smallest absolute Gasteiger partial charge is 0.0975 e. The molecule has 1 N–H and O–H groups in total. The molecule has 0 aliphatic heterocycles. The van der Waals surface area contributed by atoms with Crippen LogP contribution in [0.4, 0.5) is 0 Å². The number of hydrogen-bond donors (Lipinski definition) is 1. The third kappa shape index (κ3) is 5.59. The molecule has 1 rings (SSSR count). The van der Waals surface area contributed by atoms with Crippen LogP contribution in [0.15, 0.2) is 41.4 Å². The molecule has 2 atom stereocenters. The molecule has 19 heavy (non-hydrogen) atoms. The maximum Gasteiger partial charge on any atom is 0.0975 e. The number of allylic oxidation sites excluding steroid dienone is 1. The summed E-state index contributed by atoms with van der Waals surface area (Å²) in [5.41, 5.74) is 1.16. The molecule has 0 amide bonds. The molecule has 0 saturated carbocycles. The Hall–Kier alpha value is -0.450. The van der Waals surface area contributed by atoms with Gasteiger partial charge in [-0.2, -0.15) is 0 Å². The molecular formula is C15H22BrNOS. The van der Waals surface area contributed by atoms with E-state index in [2.05, 4.69) is 39.4 Å². The van der Waals surface area contributed by atoms with Gasteiger partial charge in [-0.1, -0.05) is 34.1 Å². The predicted molar refractivity (Wildman–Crippen MR) is 87.3 cm³/mol. The maximum atomic E-state index is 12.2. The Labute approximate surface area is 127 Å². The highest BCUT2D eigenvalue weighted by atomic mass is 79.9. The molecule has 1 aromatic carbocycles. The Morgan fingerprint density at radius 3 is 2.42 bits per heavy atom. The fraction of sp³-hybridized carbons (Fsp3) is 0.467. The van der Waals surface area contributed by atoms with Crippen LogP contribution in [0.2, 0.25) is 0 Å². The summed E-state index contributed by atoms with van der Waals surface area (Å²) in [7, 11) is -1.07. The van der Waals surface area contributed by atoms with Crippen molar-refractivity contribution in [2.24, 2.45) is 0 Å². The topological polar surface area (TPSA) is 29.1 Å². The summed E-state index contributed by atoms with van der Waals surface area (Å²) in [6.45, 7) is 9.68. The van der Waals surface area contributed by atoms with Crippen molar-refractivity contribution in [2.75, 3.05) is 0 Å². The van der Waals surface area contributed by atoms with Crippen LogP contribution in [0.25, 0.3) is 0 Å².